The standard InChI is InChI=1S/C23H36N2O9/c1-12(2)32-11-13-6-7-15(14(10-13)25-16(26)8-9-24-23(3,4)5)33-22-19(29)17(27)18(28)20(34-22)21(30)31/h6-7,10,12,17-20,22,24,27-29H,8-9,11H2,1-5H3,(H,25,26)(H,30,31)/t17-,18-,19+,20-,22+/m0/s1. The van der Waals surface area contributed by atoms with E-state index in [0.717, 1.165) is 5.56 Å². The van der Waals surface area contributed by atoms with Gasteiger partial charge in [0.05, 0.1) is 18.4 Å². The molecular weight excluding hydrogens is 448 g/mol. The van der Waals surface area contributed by atoms with Crippen LogP contribution in [0.5, 0.6) is 5.75 Å². The predicted octanol–water partition coefficient (Wildman–Crippen LogP) is 0.599. The monoisotopic (exact) mass is 484 g/mol. The highest BCUT2D eigenvalue weighted by Gasteiger charge is 2.48. The zero-order valence-electron chi connectivity index (χ0n) is 20.1. The van der Waals surface area contributed by atoms with Crippen LogP contribution in [0.15, 0.2) is 18.2 Å². The fourth-order valence-corrected chi connectivity index (χ4v) is 3.17. The first kappa shape index (κ1) is 28.0. The molecule has 2 rings (SSSR count). The van der Waals surface area contributed by atoms with Crippen molar-refractivity contribution in [1.82, 2.24) is 5.32 Å². The van der Waals surface area contributed by atoms with Crippen LogP contribution in [0.25, 0.3) is 0 Å². The lowest BCUT2D eigenvalue weighted by molar-refractivity contribution is -0.271. The van der Waals surface area contributed by atoms with Crippen molar-refractivity contribution in [2.45, 2.75) is 90.0 Å². The highest BCUT2D eigenvalue weighted by atomic mass is 16.7. The van der Waals surface area contributed by atoms with Gasteiger partial charge in [-0.2, -0.15) is 0 Å². The number of carbonyl (C=O) groups excluding carboxylic acids is 1. The first-order valence-corrected chi connectivity index (χ1v) is 11.2. The number of ether oxygens (including phenoxy) is 3. The maximum Gasteiger partial charge on any atom is 0.335 e. The van der Waals surface area contributed by atoms with Crippen molar-refractivity contribution in [2.75, 3.05) is 11.9 Å². The van der Waals surface area contributed by atoms with Crippen molar-refractivity contribution in [2.24, 2.45) is 0 Å². The normalized spacial score (nSPS) is 25.3. The van der Waals surface area contributed by atoms with E-state index in [2.05, 4.69) is 10.6 Å². The highest BCUT2D eigenvalue weighted by Crippen LogP contribution is 2.31. The van der Waals surface area contributed by atoms with E-state index >= 15 is 0 Å². The lowest BCUT2D eigenvalue weighted by atomic mass is 9.99. The van der Waals surface area contributed by atoms with Gasteiger partial charge in [-0.25, -0.2) is 4.79 Å². The van der Waals surface area contributed by atoms with Crippen molar-refractivity contribution in [1.29, 1.82) is 0 Å². The van der Waals surface area contributed by atoms with Gasteiger partial charge in [-0.3, -0.25) is 4.79 Å². The highest BCUT2D eigenvalue weighted by molar-refractivity contribution is 5.92. The predicted molar refractivity (Wildman–Crippen MR) is 122 cm³/mol. The molecule has 1 aromatic carbocycles. The lowest BCUT2D eigenvalue weighted by Crippen LogP contribution is -2.61. The zero-order valence-corrected chi connectivity index (χ0v) is 20.1. The van der Waals surface area contributed by atoms with Gasteiger partial charge in [0, 0.05) is 18.5 Å². The Kier molecular flexibility index (Phi) is 9.80. The number of benzene rings is 1. The number of amides is 1. The van der Waals surface area contributed by atoms with E-state index in [4.69, 9.17) is 14.2 Å². The van der Waals surface area contributed by atoms with E-state index in [0.29, 0.717) is 6.54 Å². The summed E-state index contributed by atoms with van der Waals surface area (Å²) < 4.78 is 16.5. The van der Waals surface area contributed by atoms with Gasteiger partial charge < -0.3 is 45.3 Å². The van der Waals surface area contributed by atoms with Crippen LogP contribution in [0.2, 0.25) is 0 Å². The van der Waals surface area contributed by atoms with Gasteiger partial charge in [0.25, 0.3) is 0 Å². The van der Waals surface area contributed by atoms with E-state index in [-0.39, 0.29) is 42.0 Å². The lowest BCUT2D eigenvalue weighted by Gasteiger charge is -2.38. The van der Waals surface area contributed by atoms with Crippen LogP contribution in [0.3, 0.4) is 0 Å². The Labute approximate surface area is 199 Å². The number of carbonyl (C=O) groups is 2. The number of aliphatic hydroxyl groups excluding tert-OH is 3. The van der Waals surface area contributed by atoms with Gasteiger partial charge >= 0.3 is 5.97 Å². The van der Waals surface area contributed by atoms with Crippen LogP contribution in [-0.2, 0) is 25.7 Å². The number of hydrogen-bond acceptors (Lipinski definition) is 9. The van der Waals surface area contributed by atoms with Crippen molar-refractivity contribution in [3.63, 3.8) is 0 Å². The van der Waals surface area contributed by atoms with Gasteiger partial charge in [-0.15, -0.1) is 0 Å². The van der Waals surface area contributed by atoms with E-state index in [1.54, 1.807) is 12.1 Å². The molecule has 5 atom stereocenters. The largest absolute Gasteiger partial charge is 0.479 e. The second-order valence-electron chi connectivity index (χ2n) is 9.52. The molecule has 1 aliphatic heterocycles. The van der Waals surface area contributed by atoms with Crippen LogP contribution >= 0.6 is 0 Å². The van der Waals surface area contributed by atoms with Crippen molar-refractivity contribution >= 4 is 17.6 Å². The Morgan fingerprint density at radius 1 is 1.12 bits per heavy atom. The zero-order chi connectivity index (χ0) is 25.6. The molecule has 1 amide bonds. The SMILES string of the molecule is CC(C)OCc1ccc(O[C@@H]2O[C@H](C(=O)O)[C@@H](O)[C@H](O)[C@H]2O)c(NC(=O)CCNC(C)(C)C)c1. The third kappa shape index (κ3) is 8.19. The minimum atomic E-state index is -1.84. The number of rotatable bonds is 10. The average molecular weight is 485 g/mol. The number of hydrogen-bond donors (Lipinski definition) is 6. The molecule has 1 heterocycles. The Balaban J connectivity index is 2.22. The fourth-order valence-electron chi connectivity index (χ4n) is 3.17. The molecular formula is C23H36N2O9. The van der Waals surface area contributed by atoms with Gasteiger partial charge in [-0.05, 0) is 52.3 Å². The molecule has 0 aliphatic carbocycles. The van der Waals surface area contributed by atoms with E-state index in [9.17, 15) is 30.0 Å². The first-order chi connectivity index (χ1) is 15.8. The first-order valence-electron chi connectivity index (χ1n) is 11.2. The Morgan fingerprint density at radius 3 is 2.38 bits per heavy atom. The smallest absolute Gasteiger partial charge is 0.335 e. The van der Waals surface area contributed by atoms with Gasteiger partial charge in [0.2, 0.25) is 12.2 Å². The number of carboxylic acid groups (broad SMARTS) is 1. The molecule has 0 unspecified atom stereocenters. The minimum Gasteiger partial charge on any atom is -0.479 e. The summed E-state index contributed by atoms with van der Waals surface area (Å²) in [7, 11) is 0. The molecule has 1 saturated heterocycles. The molecule has 192 valence electrons. The van der Waals surface area contributed by atoms with Crippen molar-refractivity contribution in [3.8, 4) is 5.75 Å². The Morgan fingerprint density at radius 2 is 1.79 bits per heavy atom. The maximum atomic E-state index is 12.6. The van der Waals surface area contributed by atoms with Gasteiger partial charge in [0.15, 0.2) is 6.10 Å². The van der Waals surface area contributed by atoms with Crippen LogP contribution in [-0.4, -0.2) is 81.2 Å². The number of nitrogens with one attached hydrogen (secondary N) is 2. The second kappa shape index (κ2) is 11.9. The topological polar surface area (TPSA) is 167 Å². The summed E-state index contributed by atoms with van der Waals surface area (Å²) in [6.07, 6.45) is -8.60. The molecule has 1 fully saturated rings. The molecule has 11 heteroatoms. The number of anilines is 1. The summed E-state index contributed by atoms with van der Waals surface area (Å²) >= 11 is 0. The minimum absolute atomic E-state index is 0.0101. The number of carboxylic acids is 1. The molecule has 1 aromatic rings. The van der Waals surface area contributed by atoms with Crippen LogP contribution in [0, 0.1) is 0 Å². The summed E-state index contributed by atoms with van der Waals surface area (Å²) in [6, 6.07) is 4.84. The summed E-state index contributed by atoms with van der Waals surface area (Å²) in [6.45, 7) is 10.5. The van der Waals surface area contributed by atoms with Gasteiger partial charge in [0.1, 0.15) is 24.1 Å². The van der Waals surface area contributed by atoms with Crippen molar-refractivity contribution < 1.29 is 44.2 Å². The molecule has 34 heavy (non-hydrogen) atoms. The summed E-state index contributed by atoms with van der Waals surface area (Å²) in [5, 5.41) is 45.4. The molecule has 6 N–H and O–H groups in total. The molecule has 0 bridgehead atoms. The average Bonchev–Trinajstić information content (AvgIpc) is 2.72. The quantitative estimate of drug-likeness (QED) is 0.277. The number of aliphatic carboxylic acids is 1. The molecule has 0 aromatic heterocycles. The van der Waals surface area contributed by atoms with Crippen LogP contribution < -0.4 is 15.4 Å². The molecule has 0 radical (unpaired) electrons. The second-order valence-corrected chi connectivity index (χ2v) is 9.52. The van der Waals surface area contributed by atoms with E-state index in [1.807, 2.05) is 34.6 Å². The summed E-state index contributed by atoms with van der Waals surface area (Å²) in [4.78, 5) is 23.9. The van der Waals surface area contributed by atoms with Crippen molar-refractivity contribution in [3.05, 3.63) is 23.8 Å². The molecule has 1 aliphatic rings. The number of aliphatic hydroxyl groups is 3. The third-order valence-electron chi connectivity index (χ3n) is 4.96. The summed E-state index contributed by atoms with van der Waals surface area (Å²) in [5.41, 5.74) is 0.852. The Bertz CT molecular complexity index is 840. The molecule has 11 nitrogen and oxygen atoms in total. The molecule has 0 spiro atoms. The third-order valence-corrected chi connectivity index (χ3v) is 4.96. The Hall–Kier alpha value is -2.28. The van der Waals surface area contributed by atoms with Crippen LogP contribution in [0.4, 0.5) is 5.69 Å². The summed E-state index contributed by atoms with van der Waals surface area (Å²) in [5.74, 6) is -1.73. The maximum absolute atomic E-state index is 12.6. The molecule has 0 saturated carbocycles. The van der Waals surface area contributed by atoms with Crippen LogP contribution in [0.1, 0.15) is 46.6 Å². The van der Waals surface area contributed by atoms with Gasteiger partial charge in [-0.1, -0.05) is 6.07 Å². The van der Waals surface area contributed by atoms with E-state index in [1.165, 1.54) is 6.07 Å². The van der Waals surface area contributed by atoms with E-state index < -0.39 is 36.7 Å². The fraction of sp³-hybridized carbons (Fsp3) is 0.652.